The molecule has 0 unspecified atom stereocenters. The monoisotopic (exact) mass is 263 g/mol. The van der Waals surface area contributed by atoms with Crippen LogP contribution in [0.1, 0.15) is 5.56 Å². The number of rotatable bonds is 4. The molecule has 0 bridgehead atoms. The van der Waals surface area contributed by atoms with Crippen molar-refractivity contribution >= 4 is 18.1 Å². The highest BCUT2D eigenvalue weighted by Crippen LogP contribution is 2.02. The van der Waals surface area contributed by atoms with Gasteiger partial charge in [-0.25, -0.2) is 14.5 Å². The molecule has 2 aromatic rings. The molecule has 1 heterocycles. The van der Waals surface area contributed by atoms with Gasteiger partial charge < -0.3 is 5.73 Å². The number of hydrogen-bond acceptors (Lipinski definition) is 6. The molecule has 2 rings (SSSR count). The van der Waals surface area contributed by atoms with Crippen LogP contribution < -0.4 is 11.2 Å². The third kappa shape index (κ3) is 3.31. The Kier molecular flexibility index (Phi) is 3.76. The maximum atomic E-state index is 13.2. The Morgan fingerprint density at radius 1 is 1.53 bits per heavy atom. The topological polar surface area (TPSA) is 111 Å². The van der Waals surface area contributed by atoms with Gasteiger partial charge in [0, 0.05) is 5.56 Å². The molecule has 0 aliphatic rings. The molecule has 0 fully saturated rings. The number of amides is 1. The number of anilines is 1. The first-order valence-electron chi connectivity index (χ1n) is 5.25. The largest absolute Gasteiger partial charge is 0.367 e. The number of hydrogen-bond donors (Lipinski definition) is 2. The van der Waals surface area contributed by atoms with Gasteiger partial charge in [-0.3, -0.25) is 4.79 Å². The minimum atomic E-state index is -0.480. The average Bonchev–Trinajstić information content (AvgIpc) is 2.77. The maximum absolute atomic E-state index is 13.2. The summed E-state index contributed by atoms with van der Waals surface area (Å²) < 4.78 is 14.3. The van der Waals surface area contributed by atoms with Crippen molar-refractivity contribution in [3.05, 3.63) is 35.6 Å². The first-order valence-corrected chi connectivity index (χ1v) is 5.25. The molecule has 0 atom stereocenters. The number of tetrazole rings is 1. The average molecular weight is 263 g/mol. The van der Waals surface area contributed by atoms with E-state index in [-0.39, 0.29) is 18.1 Å². The second kappa shape index (κ2) is 5.67. The van der Waals surface area contributed by atoms with E-state index in [1.165, 1.54) is 18.3 Å². The van der Waals surface area contributed by atoms with Crippen LogP contribution in [0.25, 0.3) is 0 Å². The molecule has 0 saturated heterocycles. The zero-order valence-electron chi connectivity index (χ0n) is 9.69. The van der Waals surface area contributed by atoms with Gasteiger partial charge in [-0.15, -0.1) is 0 Å². The smallest absolute Gasteiger partial charge is 0.261 e. The standard InChI is InChI=1S/C10H10FN7O/c11-8-4-2-1-3-7(8)5-13-14-9(19)6-18-10(12)15-16-17-18/h1-5H,6H2,(H,14,19)(H2,12,15,17)/b13-5+. The van der Waals surface area contributed by atoms with Gasteiger partial charge in [-0.1, -0.05) is 23.3 Å². The summed E-state index contributed by atoms with van der Waals surface area (Å²) in [4.78, 5) is 11.4. The van der Waals surface area contributed by atoms with Crippen LogP contribution in [0, 0.1) is 5.82 Å². The number of benzene rings is 1. The Hall–Kier alpha value is -2.84. The third-order valence-electron chi connectivity index (χ3n) is 2.15. The minimum Gasteiger partial charge on any atom is -0.367 e. The van der Waals surface area contributed by atoms with E-state index in [2.05, 4.69) is 26.1 Å². The molecule has 0 aliphatic heterocycles. The molecular weight excluding hydrogens is 253 g/mol. The summed E-state index contributed by atoms with van der Waals surface area (Å²) in [7, 11) is 0. The highest BCUT2D eigenvalue weighted by atomic mass is 19.1. The van der Waals surface area contributed by atoms with Gasteiger partial charge >= 0.3 is 0 Å². The van der Waals surface area contributed by atoms with Crippen molar-refractivity contribution < 1.29 is 9.18 Å². The summed E-state index contributed by atoms with van der Waals surface area (Å²) in [6.07, 6.45) is 1.20. The number of nitrogen functional groups attached to an aromatic ring is 1. The molecule has 0 aliphatic carbocycles. The Morgan fingerprint density at radius 2 is 2.32 bits per heavy atom. The fourth-order valence-electron chi connectivity index (χ4n) is 1.25. The molecule has 1 aromatic carbocycles. The summed E-state index contributed by atoms with van der Waals surface area (Å²) in [6, 6.07) is 6.05. The highest BCUT2D eigenvalue weighted by Gasteiger charge is 2.06. The van der Waals surface area contributed by atoms with Crippen LogP contribution in [0.3, 0.4) is 0 Å². The molecular formula is C10H10FN7O. The van der Waals surface area contributed by atoms with Gasteiger partial charge in [0.15, 0.2) is 0 Å². The van der Waals surface area contributed by atoms with Crippen molar-refractivity contribution in [1.29, 1.82) is 0 Å². The summed E-state index contributed by atoms with van der Waals surface area (Å²) in [5, 5.41) is 13.8. The SMILES string of the molecule is Nc1nnnn1CC(=O)N/N=C/c1ccccc1F. The number of nitrogens with zero attached hydrogens (tertiary/aromatic N) is 5. The normalized spacial score (nSPS) is 10.8. The van der Waals surface area contributed by atoms with Gasteiger partial charge in [0.25, 0.3) is 5.91 Å². The number of carbonyl (C=O) groups is 1. The highest BCUT2D eigenvalue weighted by molar-refractivity contribution is 5.82. The lowest BCUT2D eigenvalue weighted by atomic mass is 10.2. The number of carbonyl (C=O) groups excluding carboxylic acids is 1. The van der Waals surface area contributed by atoms with Crippen LogP contribution in [0.5, 0.6) is 0 Å². The predicted molar refractivity (Wildman–Crippen MR) is 64.4 cm³/mol. The molecule has 0 radical (unpaired) electrons. The molecule has 0 saturated carbocycles. The van der Waals surface area contributed by atoms with E-state index >= 15 is 0 Å². The van der Waals surface area contributed by atoms with Crippen LogP contribution >= 0.6 is 0 Å². The van der Waals surface area contributed by atoms with Crippen LogP contribution in [-0.4, -0.2) is 32.3 Å². The molecule has 9 heteroatoms. The van der Waals surface area contributed by atoms with Crippen LogP contribution in [0.2, 0.25) is 0 Å². The lowest BCUT2D eigenvalue weighted by Gasteiger charge is -2.00. The lowest BCUT2D eigenvalue weighted by Crippen LogP contribution is -2.24. The van der Waals surface area contributed by atoms with Crippen LogP contribution in [0.4, 0.5) is 10.3 Å². The fraction of sp³-hybridized carbons (Fsp3) is 0.100. The van der Waals surface area contributed by atoms with E-state index < -0.39 is 11.7 Å². The zero-order chi connectivity index (χ0) is 13.7. The molecule has 1 amide bonds. The second-order valence-corrected chi connectivity index (χ2v) is 3.51. The van der Waals surface area contributed by atoms with Crippen LogP contribution in [0.15, 0.2) is 29.4 Å². The summed E-state index contributed by atoms with van der Waals surface area (Å²) in [6.45, 7) is -0.173. The van der Waals surface area contributed by atoms with Crippen molar-refractivity contribution in [3.63, 3.8) is 0 Å². The number of halogens is 1. The minimum absolute atomic E-state index is 0.0215. The molecule has 19 heavy (non-hydrogen) atoms. The lowest BCUT2D eigenvalue weighted by molar-refractivity contribution is -0.121. The molecule has 8 nitrogen and oxygen atoms in total. The van der Waals surface area contributed by atoms with E-state index in [1.807, 2.05) is 0 Å². The molecule has 1 aromatic heterocycles. The Morgan fingerprint density at radius 3 is 3.00 bits per heavy atom. The number of aromatic nitrogens is 4. The van der Waals surface area contributed by atoms with E-state index in [1.54, 1.807) is 12.1 Å². The summed E-state index contributed by atoms with van der Waals surface area (Å²) >= 11 is 0. The molecule has 98 valence electrons. The zero-order valence-corrected chi connectivity index (χ0v) is 9.69. The Bertz CT molecular complexity index is 609. The van der Waals surface area contributed by atoms with E-state index in [0.717, 1.165) is 4.68 Å². The van der Waals surface area contributed by atoms with Crippen molar-refractivity contribution in [2.75, 3.05) is 5.73 Å². The van der Waals surface area contributed by atoms with Crippen molar-refractivity contribution in [1.82, 2.24) is 25.6 Å². The van der Waals surface area contributed by atoms with Crippen molar-refractivity contribution in [2.45, 2.75) is 6.54 Å². The molecule has 0 spiro atoms. The first-order chi connectivity index (χ1) is 9.16. The number of hydrazone groups is 1. The predicted octanol–water partition coefficient (Wildman–Crippen LogP) is -0.455. The van der Waals surface area contributed by atoms with E-state index in [0.29, 0.717) is 0 Å². The van der Waals surface area contributed by atoms with Gasteiger partial charge in [0.2, 0.25) is 5.95 Å². The van der Waals surface area contributed by atoms with Crippen LogP contribution in [-0.2, 0) is 11.3 Å². The second-order valence-electron chi connectivity index (χ2n) is 3.51. The summed E-state index contributed by atoms with van der Waals surface area (Å²) in [5.41, 5.74) is 7.87. The van der Waals surface area contributed by atoms with Gasteiger partial charge in [-0.05, 0) is 16.5 Å². The van der Waals surface area contributed by atoms with Crippen molar-refractivity contribution in [2.24, 2.45) is 5.10 Å². The fourth-order valence-corrected chi connectivity index (χ4v) is 1.25. The van der Waals surface area contributed by atoms with Crippen molar-refractivity contribution in [3.8, 4) is 0 Å². The van der Waals surface area contributed by atoms with Gasteiger partial charge in [0.05, 0.1) is 6.21 Å². The number of nitrogens with one attached hydrogen (secondary N) is 1. The Labute approximate surface area is 107 Å². The van der Waals surface area contributed by atoms with E-state index in [4.69, 9.17) is 5.73 Å². The molecule has 3 N–H and O–H groups in total. The third-order valence-corrected chi connectivity index (χ3v) is 2.15. The van der Waals surface area contributed by atoms with Gasteiger partial charge in [0.1, 0.15) is 12.4 Å². The van der Waals surface area contributed by atoms with E-state index in [9.17, 15) is 9.18 Å². The quantitative estimate of drug-likeness (QED) is 0.573. The van der Waals surface area contributed by atoms with Gasteiger partial charge in [-0.2, -0.15) is 5.10 Å². The summed E-state index contributed by atoms with van der Waals surface area (Å²) in [5.74, 6) is -0.884. The first kappa shape index (κ1) is 12.6. The Balaban J connectivity index is 1.91. The maximum Gasteiger partial charge on any atom is 0.261 e. The number of nitrogens with two attached hydrogens (primary N) is 1.